The van der Waals surface area contributed by atoms with E-state index in [2.05, 4.69) is 15.3 Å². The molecule has 0 unspecified atom stereocenters. The zero-order valence-corrected chi connectivity index (χ0v) is 11.1. The molecule has 1 aromatic heterocycles. The Kier molecular flexibility index (Phi) is 5.19. The van der Waals surface area contributed by atoms with Crippen molar-refractivity contribution in [2.24, 2.45) is 0 Å². The standard InChI is InChI=1S/C9H9Cl2F3N4O/c1-4(7(19)15-3-9(12,13)14)16-8-17-5(10)2-6(11)18-8/h2,4H,3H2,1H3,(H,15,19)(H,16,17,18)/t4-/m0/s1. The number of aromatic nitrogens is 2. The fourth-order valence-electron chi connectivity index (χ4n) is 1.05. The molecule has 0 fully saturated rings. The highest BCUT2D eigenvalue weighted by Gasteiger charge is 2.28. The molecule has 0 aliphatic heterocycles. The van der Waals surface area contributed by atoms with Gasteiger partial charge in [-0.05, 0) is 6.92 Å². The van der Waals surface area contributed by atoms with Gasteiger partial charge in [0.1, 0.15) is 22.9 Å². The van der Waals surface area contributed by atoms with E-state index >= 15 is 0 Å². The SMILES string of the molecule is C[C@H](Nc1nc(Cl)cc(Cl)n1)C(=O)NCC(F)(F)F. The van der Waals surface area contributed by atoms with Crippen LogP contribution in [0.1, 0.15) is 6.92 Å². The van der Waals surface area contributed by atoms with Crippen LogP contribution >= 0.6 is 23.2 Å². The summed E-state index contributed by atoms with van der Waals surface area (Å²) < 4.78 is 35.8. The molecule has 0 saturated carbocycles. The lowest BCUT2D eigenvalue weighted by Crippen LogP contribution is -2.42. The first-order valence-electron chi connectivity index (χ1n) is 4.98. The van der Waals surface area contributed by atoms with Crippen molar-refractivity contribution in [2.75, 3.05) is 11.9 Å². The predicted molar refractivity (Wildman–Crippen MR) is 64.2 cm³/mol. The fraction of sp³-hybridized carbons (Fsp3) is 0.444. The summed E-state index contributed by atoms with van der Waals surface area (Å²) >= 11 is 11.2. The molecule has 5 nitrogen and oxygen atoms in total. The van der Waals surface area contributed by atoms with Crippen LogP contribution in [0.3, 0.4) is 0 Å². The maximum absolute atomic E-state index is 11.9. The molecule has 0 spiro atoms. The van der Waals surface area contributed by atoms with Crippen molar-refractivity contribution in [1.82, 2.24) is 15.3 Å². The van der Waals surface area contributed by atoms with Crippen molar-refractivity contribution in [2.45, 2.75) is 19.1 Å². The Bertz CT molecular complexity index is 449. The molecule has 0 bridgehead atoms. The lowest BCUT2D eigenvalue weighted by atomic mass is 10.3. The summed E-state index contributed by atoms with van der Waals surface area (Å²) in [6.45, 7) is -0.0567. The number of nitrogens with zero attached hydrogens (tertiary/aromatic N) is 2. The summed E-state index contributed by atoms with van der Waals surface area (Å²) in [7, 11) is 0. The monoisotopic (exact) mass is 316 g/mol. The third-order valence-corrected chi connectivity index (χ3v) is 2.25. The highest BCUT2D eigenvalue weighted by atomic mass is 35.5. The van der Waals surface area contributed by atoms with E-state index < -0.39 is 24.7 Å². The molecule has 0 saturated heterocycles. The van der Waals surface area contributed by atoms with Gasteiger partial charge in [-0.2, -0.15) is 13.2 Å². The number of nitrogens with one attached hydrogen (secondary N) is 2. The van der Waals surface area contributed by atoms with Crippen LogP contribution < -0.4 is 10.6 Å². The number of carbonyl (C=O) groups excluding carboxylic acids is 1. The molecule has 1 atom stereocenters. The van der Waals surface area contributed by atoms with Crippen LogP contribution in [0.2, 0.25) is 10.3 Å². The van der Waals surface area contributed by atoms with Crippen molar-refractivity contribution < 1.29 is 18.0 Å². The van der Waals surface area contributed by atoms with Gasteiger partial charge in [0.05, 0.1) is 0 Å². The molecule has 1 aromatic rings. The van der Waals surface area contributed by atoms with Crippen molar-refractivity contribution in [1.29, 1.82) is 0 Å². The Morgan fingerprint density at radius 3 is 2.37 bits per heavy atom. The minimum atomic E-state index is -4.47. The van der Waals surface area contributed by atoms with Crippen LogP contribution in [0, 0.1) is 0 Å². The zero-order chi connectivity index (χ0) is 14.6. The molecule has 106 valence electrons. The highest BCUT2D eigenvalue weighted by Crippen LogP contribution is 2.15. The fourth-order valence-corrected chi connectivity index (χ4v) is 1.48. The average molecular weight is 317 g/mol. The summed E-state index contributed by atoms with van der Waals surface area (Å²) in [5, 5.41) is 4.31. The number of carbonyl (C=O) groups is 1. The predicted octanol–water partition coefficient (Wildman–Crippen LogP) is 2.26. The summed E-state index contributed by atoms with van der Waals surface area (Å²) in [5.41, 5.74) is 0. The first-order valence-corrected chi connectivity index (χ1v) is 5.74. The largest absolute Gasteiger partial charge is 0.405 e. The Morgan fingerprint density at radius 1 is 1.37 bits per heavy atom. The molecule has 0 radical (unpaired) electrons. The van der Waals surface area contributed by atoms with E-state index in [0.29, 0.717) is 0 Å². The van der Waals surface area contributed by atoms with Gasteiger partial charge >= 0.3 is 6.18 Å². The van der Waals surface area contributed by atoms with Gasteiger partial charge in [0.15, 0.2) is 0 Å². The van der Waals surface area contributed by atoms with E-state index in [-0.39, 0.29) is 16.3 Å². The molecule has 1 heterocycles. The summed E-state index contributed by atoms with van der Waals surface area (Å²) in [5.74, 6) is -0.899. The number of rotatable bonds is 4. The van der Waals surface area contributed by atoms with E-state index in [0.717, 1.165) is 0 Å². The van der Waals surface area contributed by atoms with Crippen LogP contribution in [0.5, 0.6) is 0 Å². The van der Waals surface area contributed by atoms with E-state index in [4.69, 9.17) is 23.2 Å². The number of alkyl halides is 3. The maximum atomic E-state index is 11.9. The van der Waals surface area contributed by atoms with Gasteiger partial charge in [0, 0.05) is 6.07 Å². The molecular formula is C9H9Cl2F3N4O. The van der Waals surface area contributed by atoms with Crippen LogP contribution in [-0.4, -0.2) is 34.6 Å². The number of hydrogen-bond acceptors (Lipinski definition) is 4. The molecule has 19 heavy (non-hydrogen) atoms. The first-order chi connectivity index (χ1) is 8.67. The van der Waals surface area contributed by atoms with Gasteiger partial charge in [0.2, 0.25) is 11.9 Å². The average Bonchev–Trinajstić information content (AvgIpc) is 2.23. The lowest BCUT2D eigenvalue weighted by Gasteiger charge is -2.15. The molecule has 1 amide bonds. The minimum Gasteiger partial charge on any atom is -0.345 e. The van der Waals surface area contributed by atoms with Gasteiger partial charge < -0.3 is 10.6 Å². The van der Waals surface area contributed by atoms with Crippen LogP contribution in [0.15, 0.2) is 6.07 Å². The normalized spacial score (nSPS) is 12.9. The third-order valence-electron chi connectivity index (χ3n) is 1.87. The molecule has 0 aliphatic rings. The highest BCUT2D eigenvalue weighted by molar-refractivity contribution is 6.33. The van der Waals surface area contributed by atoms with E-state index in [1.165, 1.54) is 13.0 Å². The van der Waals surface area contributed by atoms with Crippen LogP contribution in [0.4, 0.5) is 19.1 Å². The molecule has 0 aliphatic carbocycles. The Balaban J connectivity index is 2.58. The number of halogens is 5. The molecular weight excluding hydrogens is 308 g/mol. The Morgan fingerprint density at radius 2 is 1.89 bits per heavy atom. The van der Waals surface area contributed by atoms with E-state index in [9.17, 15) is 18.0 Å². The van der Waals surface area contributed by atoms with Crippen molar-refractivity contribution in [3.63, 3.8) is 0 Å². The van der Waals surface area contributed by atoms with Gasteiger partial charge in [-0.25, -0.2) is 9.97 Å². The topological polar surface area (TPSA) is 66.9 Å². The maximum Gasteiger partial charge on any atom is 0.405 e. The first kappa shape index (κ1) is 15.8. The van der Waals surface area contributed by atoms with Gasteiger partial charge in [-0.3, -0.25) is 4.79 Å². The minimum absolute atomic E-state index is 0.0467. The van der Waals surface area contributed by atoms with Crippen molar-refractivity contribution in [3.8, 4) is 0 Å². The second-order valence-electron chi connectivity index (χ2n) is 3.54. The number of hydrogen-bond donors (Lipinski definition) is 2. The second kappa shape index (κ2) is 6.25. The Labute approximate surface area is 116 Å². The smallest absolute Gasteiger partial charge is 0.345 e. The number of amides is 1. The van der Waals surface area contributed by atoms with Gasteiger partial charge in [-0.15, -0.1) is 0 Å². The Hall–Kier alpha value is -1.28. The van der Waals surface area contributed by atoms with Gasteiger partial charge in [0.25, 0.3) is 0 Å². The molecule has 0 aromatic carbocycles. The lowest BCUT2D eigenvalue weighted by molar-refractivity contribution is -0.138. The summed E-state index contributed by atoms with van der Waals surface area (Å²) in [4.78, 5) is 18.8. The van der Waals surface area contributed by atoms with Crippen LogP contribution in [-0.2, 0) is 4.79 Å². The second-order valence-corrected chi connectivity index (χ2v) is 4.31. The van der Waals surface area contributed by atoms with E-state index in [1.54, 1.807) is 5.32 Å². The van der Waals surface area contributed by atoms with Crippen molar-refractivity contribution >= 4 is 35.1 Å². The van der Waals surface area contributed by atoms with Gasteiger partial charge in [-0.1, -0.05) is 23.2 Å². The van der Waals surface area contributed by atoms with Crippen molar-refractivity contribution in [3.05, 3.63) is 16.4 Å². The quantitative estimate of drug-likeness (QED) is 0.836. The molecule has 1 rings (SSSR count). The summed E-state index contributed by atoms with van der Waals surface area (Å²) in [6.07, 6.45) is -4.47. The summed E-state index contributed by atoms with van der Waals surface area (Å²) in [6, 6.07) is 0.305. The molecule has 10 heteroatoms. The zero-order valence-electron chi connectivity index (χ0n) is 9.55. The number of anilines is 1. The van der Waals surface area contributed by atoms with Crippen LogP contribution in [0.25, 0.3) is 0 Å². The molecule has 2 N–H and O–H groups in total. The third kappa shape index (κ3) is 5.93. The van der Waals surface area contributed by atoms with E-state index in [1.807, 2.05) is 0 Å².